The standard InChI is InChI=1S/C12H17N/c1-9-4-3-5-11-8-13-10(2)7-12(11)6-9/h7-9H,3-6H2,1-2H3. The number of pyridine rings is 1. The Bertz CT molecular complexity index is 304. The molecule has 13 heavy (non-hydrogen) atoms. The molecule has 0 aromatic carbocycles. The van der Waals surface area contributed by atoms with Crippen molar-refractivity contribution in [1.82, 2.24) is 4.98 Å². The van der Waals surface area contributed by atoms with Gasteiger partial charge in [-0.3, -0.25) is 4.98 Å². The topological polar surface area (TPSA) is 12.9 Å². The lowest BCUT2D eigenvalue weighted by Gasteiger charge is -2.08. The first-order valence-electron chi connectivity index (χ1n) is 5.20. The van der Waals surface area contributed by atoms with E-state index in [4.69, 9.17) is 0 Å². The quantitative estimate of drug-likeness (QED) is 0.552. The van der Waals surface area contributed by atoms with Gasteiger partial charge in [0.25, 0.3) is 0 Å². The molecular formula is C12H17N. The molecule has 0 spiro atoms. The third-order valence-electron chi connectivity index (χ3n) is 2.93. The molecule has 1 aliphatic rings. The third-order valence-corrected chi connectivity index (χ3v) is 2.93. The summed E-state index contributed by atoms with van der Waals surface area (Å²) < 4.78 is 0. The molecule has 1 heteroatoms. The summed E-state index contributed by atoms with van der Waals surface area (Å²) >= 11 is 0. The van der Waals surface area contributed by atoms with Crippen LogP contribution in [-0.2, 0) is 12.8 Å². The Labute approximate surface area is 80.2 Å². The molecule has 1 aliphatic carbocycles. The molecule has 0 saturated heterocycles. The van der Waals surface area contributed by atoms with Gasteiger partial charge in [0.15, 0.2) is 0 Å². The molecule has 0 radical (unpaired) electrons. The summed E-state index contributed by atoms with van der Waals surface area (Å²) in [5, 5.41) is 0. The van der Waals surface area contributed by atoms with Gasteiger partial charge in [-0.15, -0.1) is 0 Å². The number of nitrogens with zero attached hydrogens (tertiary/aromatic N) is 1. The predicted octanol–water partition coefficient (Wildman–Crippen LogP) is 2.90. The van der Waals surface area contributed by atoms with Crippen LogP contribution in [0.15, 0.2) is 12.3 Å². The van der Waals surface area contributed by atoms with Crippen LogP contribution in [0.4, 0.5) is 0 Å². The van der Waals surface area contributed by atoms with Crippen molar-refractivity contribution in [2.45, 2.75) is 39.5 Å². The zero-order valence-corrected chi connectivity index (χ0v) is 8.51. The molecule has 1 aromatic heterocycles. The van der Waals surface area contributed by atoms with Crippen molar-refractivity contribution in [1.29, 1.82) is 0 Å². The summed E-state index contributed by atoms with van der Waals surface area (Å²) in [6, 6.07) is 2.26. The van der Waals surface area contributed by atoms with E-state index >= 15 is 0 Å². The van der Waals surface area contributed by atoms with Crippen LogP contribution in [0.1, 0.15) is 36.6 Å². The summed E-state index contributed by atoms with van der Waals surface area (Å²) in [6.07, 6.45) is 7.25. The number of rotatable bonds is 0. The van der Waals surface area contributed by atoms with Crippen LogP contribution < -0.4 is 0 Å². The molecule has 1 aromatic rings. The summed E-state index contributed by atoms with van der Waals surface area (Å²) in [6.45, 7) is 4.43. The van der Waals surface area contributed by atoms with Crippen molar-refractivity contribution in [3.8, 4) is 0 Å². The van der Waals surface area contributed by atoms with Gasteiger partial charge in [-0.2, -0.15) is 0 Å². The van der Waals surface area contributed by atoms with Gasteiger partial charge in [0.1, 0.15) is 0 Å². The number of hydrogen-bond donors (Lipinski definition) is 0. The SMILES string of the molecule is Cc1cc2c(cn1)CCCC(C)C2. The lowest BCUT2D eigenvalue weighted by Crippen LogP contribution is -1.98. The fourth-order valence-electron chi connectivity index (χ4n) is 2.18. The van der Waals surface area contributed by atoms with Gasteiger partial charge < -0.3 is 0 Å². The highest BCUT2D eigenvalue weighted by molar-refractivity contribution is 5.27. The van der Waals surface area contributed by atoms with Gasteiger partial charge in [-0.1, -0.05) is 13.3 Å². The summed E-state index contributed by atoms with van der Waals surface area (Å²) in [5.41, 5.74) is 4.18. The first-order chi connectivity index (χ1) is 6.25. The van der Waals surface area contributed by atoms with Gasteiger partial charge in [0.05, 0.1) is 0 Å². The number of aryl methyl sites for hydroxylation is 2. The normalized spacial score (nSPS) is 22.2. The van der Waals surface area contributed by atoms with E-state index in [-0.39, 0.29) is 0 Å². The monoisotopic (exact) mass is 175 g/mol. The van der Waals surface area contributed by atoms with Crippen LogP contribution in [0.25, 0.3) is 0 Å². The average Bonchev–Trinajstić information content (AvgIpc) is 2.25. The fourth-order valence-corrected chi connectivity index (χ4v) is 2.18. The molecule has 1 nitrogen and oxygen atoms in total. The molecule has 0 saturated carbocycles. The summed E-state index contributed by atoms with van der Waals surface area (Å²) in [4.78, 5) is 4.36. The van der Waals surface area contributed by atoms with Gasteiger partial charge in [-0.25, -0.2) is 0 Å². The lowest BCUT2D eigenvalue weighted by atomic mass is 9.99. The first-order valence-corrected chi connectivity index (χ1v) is 5.20. The van der Waals surface area contributed by atoms with Crippen LogP contribution in [-0.4, -0.2) is 4.98 Å². The van der Waals surface area contributed by atoms with Crippen molar-refractivity contribution >= 4 is 0 Å². The Kier molecular flexibility index (Phi) is 2.34. The summed E-state index contributed by atoms with van der Waals surface area (Å²) in [7, 11) is 0. The molecule has 0 N–H and O–H groups in total. The molecule has 2 rings (SSSR count). The van der Waals surface area contributed by atoms with E-state index in [0.717, 1.165) is 11.6 Å². The molecule has 0 bridgehead atoms. The van der Waals surface area contributed by atoms with Crippen molar-refractivity contribution < 1.29 is 0 Å². The Morgan fingerprint density at radius 1 is 1.38 bits per heavy atom. The van der Waals surface area contributed by atoms with Gasteiger partial charge >= 0.3 is 0 Å². The molecule has 1 atom stereocenters. The van der Waals surface area contributed by atoms with Crippen LogP contribution in [0, 0.1) is 12.8 Å². The second-order valence-corrected chi connectivity index (χ2v) is 4.30. The van der Waals surface area contributed by atoms with Crippen LogP contribution >= 0.6 is 0 Å². The highest BCUT2D eigenvalue weighted by atomic mass is 14.7. The highest BCUT2D eigenvalue weighted by Gasteiger charge is 2.13. The smallest absolute Gasteiger partial charge is 0.0375 e. The van der Waals surface area contributed by atoms with Crippen LogP contribution in [0.2, 0.25) is 0 Å². The lowest BCUT2D eigenvalue weighted by molar-refractivity contribution is 0.526. The van der Waals surface area contributed by atoms with E-state index in [2.05, 4.69) is 31.1 Å². The maximum atomic E-state index is 4.36. The molecule has 0 aliphatic heterocycles. The van der Waals surface area contributed by atoms with E-state index in [1.54, 1.807) is 0 Å². The van der Waals surface area contributed by atoms with Crippen molar-refractivity contribution in [3.63, 3.8) is 0 Å². The zero-order valence-electron chi connectivity index (χ0n) is 8.51. The van der Waals surface area contributed by atoms with E-state index in [1.165, 1.54) is 36.8 Å². The van der Waals surface area contributed by atoms with E-state index in [9.17, 15) is 0 Å². The Balaban J connectivity index is 2.35. The molecule has 1 heterocycles. The van der Waals surface area contributed by atoms with E-state index in [0.29, 0.717) is 0 Å². The van der Waals surface area contributed by atoms with Crippen molar-refractivity contribution in [2.24, 2.45) is 5.92 Å². The maximum absolute atomic E-state index is 4.36. The van der Waals surface area contributed by atoms with Crippen molar-refractivity contribution in [3.05, 3.63) is 29.1 Å². The molecule has 0 fully saturated rings. The van der Waals surface area contributed by atoms with Gasteiger partial charge in [-0.05, 0) is 49.3 Å². The molecular weight excluding hydrogens is 158 g/mol. The van der Waals surface area contributed by atoms with Crippen LogP contribution in [0.3, 0.4) is 0 Å². The van der Waals surface area contributed by atoms with Crippen LogP contribution in [0.5, 0.6) is 0 Å². The Morgan fingerprint density at radius 2 is 2.23 bits per heavy atom. The molecule has 0 amide bonds. The third kappa shape index (κ3) is 1.90. The molecule has 70 valence electrons. The fraction of sp³-hybridized carbons (Fsp3) is 0.583. The molecule has 1 unspecified atom stereocenters. The average molecular weight is 175 g/mol. The zero-order chi connectivity index (χ0) is 9.26. The number of hydrogen-bond acceptors (Lipinski definition) is 1. The second-order valence-electron chi connectivity index (χ2n) is 4.30. The van der Waals surface area contributed by atoms with E-state index < -0.39 is 0 Å². The van der Waals surface area contributed by atoms with Gasteiger partial charge in [0, 0.05) is 11.9 Å². The minimum absolute atomic E-state index is 0.850. The number of aromatic nitrogens is 1. The maximum Gasteiger partial charge on any atom is 0.0375 e. The second kappa shape index (κ2) is 3.49. The minimum Gasteiger partial charge on any atom is -0.261 e. The predicted molar refractivity (Wildman–Crippen MR) is 54.8 cm³/mol. The van der Waals surface area contributed by atoms with Gasteiger partial charge in [0.2, 0.25) is 0 Å². The summed E-state index contributed by atoms with van der Waals surface area (Å²) in [5.74, 6) is 0.850. The number of fused-ring (bicyclic) bond motifs is 1. The minimum atomic E-state index is 0.850. The Hall–Kier alpha value is -0.850. The largest absolute Gasteiger partial charge is 0.261 e. The highest BCUT2D eigenvalue weighted by Crippen LogP contribution is 2.23. The Morgan fingerprint density at radius 3 is 3.08 bits per heavy atom. The van der Waals surface area contributed by atoms with E-state index in [1.807, 2.05) is 0 Å². The van der Waals surface area contributed by atoms with Crippen molar-refractivity contribution in [2.75, 3.05) is 0 Å². The first kappa shape index (κ1) is 8.74.